The van der Waals surface area contributed by atoms with Gasteiger partial charge in [-0.1, -0.05) is 18.5 Å². The zero-order valence-electron chi connectivity index (χ0n) is 9.18. The largest absolute Gasteiger partial charge is 0.350 e. The van der Waals surface area contributed by atoms with Crippen LogP contribution >= 0.6 is 11.6 Å². The highest BCUT2D eigenvalue weighted by Gasteiger charge is 2.10. The second-order valence-electron chi connectivity index (χ2n) is 3.23. The third kappa shape index (κ3) is 4.66. The molecular formula is C9H12ClN3O3S. The number of carbonyl (C=O) groups excluding carboxylic acids is 1. The lowest BCUT2D eigenvalue weighted by Crippen LogP contribution is -2.30. The van der Waals surface area contributed by atoms with Crippen LogP contribution in [0.25, 0.3) is 0 Å². The zero-order valence-corrected chi connectivity index (χ0v) is 10.8. The van der Waals surface area contributed by atoms with Gasteiger partial charge in [0.1, 0.15) is 0 Å². The molecule has 0 aliphatic carbocycles. The van der Waals surface area contributed by atoms with Crippen molar-refractivity contribution in [1.29, 1.82) is 0 Å². The molecule has 6 nitrogen and oxygen atoms in total. The number of aromatic nitrogens is 2. The fourth-order valence-electron chi connectivity index (χ4n) is 0.992. The zero-order chi connectivity index (χ0) is 12.9. The molecule has 1 aromatic rings. The van der Waals surface area contributed by atoms with Gasteiger partial charge < -0.3 is 5.32 Å². The fourth-order valence-corrected chi connectivity index (χ4v) is 1.79. The molecule has 94 valence electrons. The van der Waals surface area contributed by atoms with E-state index < -0.39 is 15.7 Å². The summed E-state index contributed by atoms with van der Waals surface area (Å²) in [6.45, 7) is 1.61. The van der Waals surface area contributed by atoms with Crippen LogP contribution in [0.1, 0.15) is 17.4 Å². The minimum absolute atomic E-state index is 0.0549. The van der Waals surface area contributed by atoms with Gasteiger partial charge >= 0.3 is 0 Å². The van der Waals surface area contributed by atoms with Gasteiger partial charge in [0, 0.05) is 12.3 Å². The molecule has 0 saturated carbocycles. The van der Waals surface area contributed by atoms with E-state index in [0.29, 0.717) is 0 Å². The molecule has 17 heavy (non-hydrogen) atoms. The molecule has 0 atom stereocenters. The quantitative estimate of drug-likeness (QED) is 0.836. The highest BCUT2D eigenvalue weighted by molar-refractivity contribution is 7.91. The molecule has 0 bridgehead atoms. The Labute approximate surface area is 104 Å². The number of nitrogens with one attached hydrogen (secondary N) is 1. The average molecular weight is 278 g/mol. The summed E-state index contributed by atoms with van der Waals surface area (Å²) in [4.78, 5) is 11.5. The van der Waals surface area contributed by atoms with Crippen LogP contribution < -0.4 is 5.32 Å². The van der Waals surface area contributed by atoms with E-state index in [-0.39, 0.29) is 28.9 Å². The molecule has 1 aromatic heterocycles. The summed E-state index contributed by atoms with van der Waals surface area (Å²) in [6, 6.07) is 2.85. The Morgan fingerprint density at radius 3 is 2.65 bits per heavy atom. The third-order valence-electron chi connectivity index (χ3n) is 2.00. The van der Waals surface area contributed by atoms with Crippen LogP contribution in [-0.2, 0) is 9.84 Å². The number of sulfone groups is 1. The lowest BCUT2D eigenvalue weighted by molar-refractivity contribution is 0.0950. The van der Waals surface area contributed by atoms with Crippen molar-refractivity contribution in [1.82, 2.24) is 15.5 Å². The summed E-state index contributed by atoms with van der Waals surface area (Å²) in [5.74, 6) is -0.500. The summed E-state index contributed by atoms with van der Waals surface area (Å²) < 4.78 is 22.3. The minimum Gasteiger partial charge on any atom is -0.350 e. The van der Waals surface area contributed by atoms with Crippen molar-refractivity contribution < 1.29 is 13.2 Å². The highest BCUT2D eigenvalue weighted by atomic mass is 35.5. The van der Waals surface area contributed by atoms with Gasteiger partial charge in [0.2, 0.25) is 0 Å². The molecule has 0 aliphatic heterocycles. The van der Waals surface area contributed by atoms with E-state index >= 15 is 0 Å². The normalized spacial score (nSPS) is 11.2. The van der Waals surface area contributed by atoms with Gasteiger partial charge in [-0.25, -0.2) is 8.42 Å². The third-order valence-corrected chi connectivity index (χ3v) is 3.91. The van der Waals surface area contributed by atoms with Gasteiger partial charge in [0.05, 0.1) is 5.75 Å². The van der Waals surface area contributed by atoms with Gasteiger partial charge in [-0.2, -0.15) is 0 Å². The Hall–Kier alpha value is -1.21. The fraction of sp³-hybridized carbons (Fsp3) is 0.444. The molecule has 0 spiro atoms. The Kier molecular flexibility index (Phi) is 4.83. The standard InChI is InChI=1S/C9H12ClN3O3S/c1-2-17(15,16)6-5-11-9(14)7-3-4-8(10)13-12-7/h3-4H,2,5-6H2,1H3,(H,11,14). The van der Waals surface area contributed by atoms with Gasteiger partial charge in [-0.05, 0) is 12.1 Å². The number of carbonyl (C=O) groups is 1. The summed E-state index contributed by atoms with van der Waals surface area (Å²) in [6.07, 6.45) is 0. The summed E-state index contributed by atoms with van der Waals surface area (Å²) in [7, 11) is -3.08. The second-order valence-corrected chi connectivity index (χ2v) is 6.09. The van der Waals surface area contributed by atoms with E-state index in [0.717, 1.165) is 0 Å². The van der Waals surface area contributed by atoms with Crippen LogP contribution in [0.4, 0.5) is 0 Å². The van der Waals surface area contributed by atoms with E-state index in [9.17, 15) is 13.2 Å². The van der Waals surface area contributed by atoms with E-state index in [1.165, 1.54) is 12.1 Å². The van der Waals surface area contributed by atoms with Crippen molar-refractivity contribution in [3.63, 3.8) is 0 Å². The Balaban J connectivity index is 2.48. The van der Waals surface area contributed by atoms with Crippen LogP contribution in [0, 0.1) is 0 Å². The molecule has 0 aromatic carbocycles. The van der Waals surface area contributed by atoms with Gasteiger partial charge in [-0.15, -0.1) is 10.2 Å². The maximum atomic E-state index is 11.5. The van der Waals surface area contributed by atoms with E-state index in [1.54, 1.807) is 6.92 Å². The van der Waals surface area contributed by atoms with Crippen LogP contribution in [0.3, 0.4) is 0 Å². The molecule has 8 heteroatoms. The molecule has 1 heterocycles. The molecule has 0 saturated heterocycles. The number of amides is 1. The smallest absolute Gasteiger partial charge is 0.271 e. The van der Waals surface area contributed by atoms with E-state index in [2.05, 4.69) is 15.5 Å². The van der Waals surface area contributed by atoms with Crippen molar-refractivity contribution in [3.05, 3.63) is 23.0 Å². The number of hydrogen-bond acceptors (Lipinski definition) is 5. The predicted molar refractivity (Wildman–Crippen MR) is 63.7 cm³/mol. The van der Waals surface area contributed by atoms with Crippen LogP contribution in [0.2, 0.25) is 5.15 Å². The average Bonchev–Trinajstić information content (AvgIpc) is 2.29. The van der Waals surface area contributed by atoms with Gasteiger partial charge in [0.15, 0.2) is 20.7 Å². The Morgan fingerprint density at radius 1 is 1.41 bits per heavy atom. The van der Waals surface area contributed by atoms with Crippen molar-refractivity contribution in [2.24, 2.45) is 0 Å². The second kappa shape index (κ2) is 5.92. The number of hydrogen-bond donors (Lipinski definition) is 1. The van der Waals surface area contributed by atoms with Crippen molar-refractivity contribution in [3.8, 4) is 0 Å². The molecule has 0 unspecified atom stereocenters. The first-order valence-corrected chi connectivity index (χ1v) is 7.12. The lowest BCUT2D eigenvalue weighted by Gasteiger charge is -2.04. The molecular weight excluding hydrogens is 266 g/mol. The van der Waals surface area contributed by atoms with Crippen molar-refractivity contribution in [2.75, 3.05) is 18.1 Å². The van der Waals surface area contributed by atoms with Crippen molar-refractivity contribution >= 4 is 27.3 Å². The monoisotopic (exact) mass is 277 g/mol. The molecule has 0 radical (unpaired) electrons. The highest BCUT2D eigenvalue weighted by Crippen LogP contribution is 2.01. The van der Waals surface area contributed by atoms with E-state index in [4.69, 9.17) is 11.6 Å². The van der Waals surface area contributed by atoms with Crippen molar-refractivity contribution in [2.45, 2.75) is 6.92 Å². The number of halogens is 1. The Bertz CT molecular complexity index is 487. The van der Waals surface area contributed by atoms with Gasteiger partial charge in [0.25, 0.3) is 5.91 Å². The maximum Gasteiger partial charge on any atom is 0.271 e. The summed E-state index contributed by atoms with van der Waals surface area (Å²) in [5.41, 5.74) is 0.100. The predicted octanol–water partition coefficient (Wildman–Crippen LogP) is 0.295. The number of rotatable bonds is 5. The van der Waals surface area contributed by atoms with Crippen LogP contribution in [0.5, 0.6) is 0 Å². The Morgan fingerprint density at radius 2 is 2.12 bits per heavy atom. The first kappa shape index (κ1) is 13.9. The molecule has 1 amide bonds. The summed E-state index contributed by atoms with van der Waals surface area (Å²) in [5, 5.41) is 9.71. The maximum absolute atomic E-state index is 11.5. The van der Waals surface area contributed by atoms with Crippen LogP contribution in [0.15, 0.2) is 12.1 Å². The molecule has 0 fully saturated rings. The SMILES string of the molecule is CCS(=O)(=O)CCNC(=O)c1ccc(Cl)nn1. The van der Waals surface area contributed by atoms with E-state index in [1.807, 2.05) is 0 Å². The van der Waals surface area contributed by atoms with Gasteiger partial charge in [-0.3, -0.25) is 4.79 Å². The number of nitrogens with zero attached hydrogens (tertiary/aromatic N) is 2. The molecule has 0 aliphatic rings. The minimum atomic E-state index is -3.08. The first-order valence-electron chi connectivity index (χ1n) is 4.92. The first-order chi connectivity index (χ1) is 7.94. The molecule has 1 rings (SSSR count). The lowest BCUT2D eigenvalue weighted by atomic mass is 10.4. The summed E-state index contributed by atoms with van der Waals surface area (Å²) >= 11 is 5.51. The van der Waals surface area contributed by atoms with Crippen LogP contribution in [-0.4, -0.2) is 42.6 Å². The topological polar surface area (TPSA) is 89.0 Å². The molecule has 1 N–H and O–H groups in total.